The molecule has 6 nitrogen and oxygen atoms in total. The molecule has 0 fully saturated rings. The maximum Gasteiger partial charge on any atom is 0.354 e. The summed E-state index contributed by atoms with van der Waals surface area (Å²) in [6.07, 6.45) is 0. The van der Waals surface area contributed by atoms with Crippen LogP contribution in [0.2, 0.25) is 0 Å². The Bertz CT molecular complexity index is 400. The van der Waals surface area contributed by atoms with Crippen LogP contribution in [0.15, 0.2) is 12.1 Å². The van der Waals surface area contributed by atoms with Crippen molar-refractivity contribution in [2.24, 2.45) is 0 Å². The summed E-state index contributed by atoms with van der Waals surface area (Å²) in [6.45, 7) is 2.14. The van der Waals surface area contributed by atoms with Crippen LogP contribution in [0.3, 0.4) is 0 Å². The van der Waals surface area contributed by atoms with Crippen molar-refractivity contribution < 1.29 is 19.1 Å². The highest BCUT2D eigenvalue weighted by atomic mass is 16.5. The number of hydrogen-bond acceptors (Lipinski definition) is 5. The van der Waals surface area contributed by atoms with Gasteiger partial charge >= 0.3 is 11.9 Å². The number of rotatable bonds is 5. The minimum Gasteiger partial charge on any atom is -0.468 e. The Morgan fingerprint density at radius 2 is 2.06 bits per heavy atom. The zero-order valence-corrected chi connectivity index (χ0v) is 10.1. The predicted octanol–water partition coefficient (Wildman–Crippen LogP) is 0.452. The SMILES string of the molecule is COC(=O)c1ccc(CNC(C)C(=O)OC)[nH]1. The quantitative estimate of drug-likeness (QED) is 0.730. The maximum atomic E-state index is 11.2. The monoisotopic (exact) mass is 240 g/mol. The van der Waals surface area contributed by atoms with Gasteiger partial charge < -0.3 is 14.5 Å². The van der Waals surface area contributed by atoms with Gasteiger partial charge in [-0.2, -0.15) is 0 Å². The third-order valence-electron chi connectivity index (χ3n) is 2.31. The summed E-state index contributed by atoms with van der Waals surface area (Å²) in [4.78, 5) is 25.2. The van der Waals surface area contributed by atoms with Crippen molar-refractivity contribution in [3.05, 3.63) is 23.5 Å². The fraction of sp³-hybridized carbons (Fsp3) is 0.455. The van der Waals surface area contributed by atoms with E-state index in [2.05, 4.69) is 19.8 Å². The third kappa shape index (κ3) is 3.60. The Morgan fingerprint density at radius 1 is 1.35 bits per heavy atom. The summed E-state index contributed by atoms with van der Waals surface area (Å²) < 4.78 is 9.14. The number of aromatic amines is 1. The summed E-state index contributed by atoms with van der Waals surface area (Å²) in [7, 11) is 2.66. The van der Waals surface area contributed by atoms with Crippen molar-refractivity contribution in [3.8, 4) is 0 Å². The highest BCUT2D eigenvalue weighted by Gasteiger charge is 2.13. The highest BCUT2D eigenvalue weighted by molar-refractivity contribution is 5.87. The molecule has 1 unspecified atom stereocenters. The lowest BCUT2D eigenvalue weighted by Gasteiger charge is -2.10. The van der Waals surface area contributed by atoms with Gasteiger partial charge in [0.1, 0.15) is 11.7 Å². The number of ether oxygens (including phenoxy) is 2. The van der Waals surface area contributed by atoms with E-state index in [9.17, 15) is 9.59 Å². The summed E-state index contributed by atoms with van der Waals surface area (Å²) in [5.41, 5.74) is 1.18. The molecule has 0 aliphatic rings. The molecule has 1 aromatic heterocycles. The molecule has 0 aliphatic heterocycles. The standard InChI is InChI=1S/C11H16N2O4/c1-7(10(14)16-2)12-6-8-4-5-9(13-8)11(15)17-3/h4-5,7,12-13H,6H2,1-3H3. The van der Waals surface area contributed by atoms with Crippen molar-refractivity contribution in [1.29, 1.82) is 0 Å². The van der Waals surface area contributed by atoms with Crippen LogP contribution >= 0.6 is 0 Å². The summed E-state index contributed by atoms with van der Waals surface area (Å²) >= 11 is 0. The summed E-state index contributed by atoms with van der Waals surface area (Å²) in [5.74, 6) is -0.748. The first kappa shape index (κ1) is 13.2. The molecule has 0 aliphatic carbocycles. The number of aromatic nitrogens is 1. The number of hydrogen-bond donors (Lipinski definition) is 2. The molecule has 0 bridgehead atoms. The van der Waals surface area contributed by atoms with E-state index in [1.165, 1.54) is 14.2 Å². The van der Waals surface area contributed by atoms with E-state index in [1.807, 2.05) is 0 Å². The van der Waals surface area contributed by atoms with Gasteiger partial charge in [0.25, 0.3) is 0 Å². The Labute approximate surface area is 99.3 Å². The van der Waals surface area contributed by atoms with E-state index in [0.29, 0.717) is 12.2 Å². The van der Waals surface area contributed by atoms with Gasteiger partial charge in [0.2, 0.25) is 0 Å². The largest absolute Gasteiger partial charge is 0.468 e. The molecule has 1 aromatic rings. The number of carbonyl (C=O) groups is 2. The first-order chi connectivity index (χ1) is 8.08. The van der Waals surface area contributed by atoms with Crippen LogP contribution in [-0.4, -0.2) is 37.2 Å². The van der Waals surface area contributed by atoms with Crippen molar-refractivity contribution in [3.63, 3.8) is 0 Å². The molecule has 17 heavy (non-hydrogen) atoms. The molecule has 0 saturated carbocycles. The Balaban J connectivity index is 2.50. The molecule has 2 N–H and O–H groups in total. The molecule has 1 atom stereocenters. The smallest absolute Gasteiger partial charge is 0.354 e. The fourth-order valence-corrected chi connectivity index (χ4v) is 1.30. The lowest BCUT2D eigenvalue weighted by atomic mass is 10.3. The van der Waals surface area contributed by atoms with Gasteiger partial charge in [-0.1, -0.05) is 0 Å². The van der Waals surface area contributed by atoms with Crippen LogP contribution in [0.4, 0.5) is 0 Å². The molecule has 6 heteroatoms. The molecule has 0 spiro atoms. The second-order valence-corrected chi connectivity index (χ2v) is 3.51. The van der Waals surface area contributed by atoms with Crippen molar-refractivity contribution >= 4 is 11.9 Å². The van der Waals surface area contributed by atoms with E-state index in [-0.39, 0.29) is 5.97 Å². The second-order valence-electron chi connectivity index (χ2n) is 3.51. The Kier molecular flexibility index (Phi) is 4.71. The molecule has 1 heterocycles. The lowest BCUT2D eigenvalue weighted by Crippen LogP contribution is -2.34. The van der Waals surface area contributed by atoms with Gasteiger partial charge in [0, 0.05) is 12.2 Å². The van der Waals surface area contributed by atoms with E-state index >= 15 is 0 Å². The molecule has 0 aromatic carbocycles. The van der Waals surface area contributed by atoms with Gasteiger partial charge in [-0.25, -0.2) is 4.79 Å². The zero-order valence-electron chi connectivity index (χ0n) is 10.1. The van der Waals surface area contributed by atoms with Crippen LogP contribution < -0.4 is 5.32 Å². The third-order valence-corrected chi connectivity index (χ3v) is 2.31. The van der Waals surface area contributed by atoms with E-state index in [1.54, 1.807) is 19.1 Å². The van der Waals surface area contributed by atoms with Gasteiger partial charge in [-0.15, -0.1) is 0 Å². The second kappa shape index (κ2) is 6.05. The van der Waals surface area contributed by atoms with Gasteiger partial charge in [0.15, 0.2) is 0 Å². The van der Waals surface area contributed by atoms with Crippen molar-refractivity contribution in [2.75, 3.05) is 14.2 Å². The fourth-order valence-electron chi connectivity index (χ4n) is 1.30. The van der Waals surface area contributed by atoms with Crippen molar-refractivity contribution in [2.45, 2.75) is 19.5 Å². The summed E-state index contributed by atoms with van der Waals surface area (Å²) in [5, 5.41) is 2.96. The molecule has 1 rings (SSSR count). The number of nitrogens with one attached hydrogen (secondary N) is 2. The van der Waals surface area contributed by atoms with Gasteiger partial charge in [0.05, 0.1) is 14.2 Å². The first-order valence-corrected chi connectivity index (χ1v) is 5.16. The van der Waals surface area contributed by atoms with Crippen LogP contribution in [0, 0.1) is 0 Å². The molecule has 0 radical (unpaired) electrons. The average molecular weight is 240 g/mol. The maximum absolute atomic E-state index is 11.2. The first-order valence-electron chi connectivity index (χ1n) is 5.16. The number of methoxy groups -OCH3 is 2. The van der Waals surface area contributed by atoms with Crippen LogP contribution in [0.5, 0.6) is 0 Å². The van der Waals surface area contributed by atoms with Crippen LogP contribution in [-0.2, 0) is 20.8 Å². The molecular formula is C11H16N2O4. The van der Waals surface area contributed by atoms with Gasteiger partial charge in [-0.05, 0) is 19.1 Å². The van der Waals surface area contributed by atoms with E-state index in [0.717, 1.165) is 5.69 Å². The Morgan fingerprint density at radius 3 is 2.65 bits per heavy atom. The number of esters is 2. The van der Waals surface area contributed by atoms with Gasteiger partial charge in [-0.3, -0.25) is 10.1 Å². The lowest BCUT2D eigenvalue weighted by molar-refractivity contribution is -0.142. The molecule has 0 amide bonds. The molecule has 94 valence electrons. The van der Waals surface area contributed by atoms with Crippen LogP contribution in [0.1, 0.15) is 23.1 Å². The number of H-pyrrole nitrogens is 1. The average Bonchev–Trinajstić information content (AvgIpc) is 2.82. The Hall–Kier alpha value is -1.82. The normalized spacial score (nSPS) is 11.9. The van der Waals surface area contributed by atoms with E-state index in [4.69, 9.17) is 0 Å². The zero-order chi connectivity index (χ0) is 12.8. The minimum atomic E-state index is -0.419. The number of carbonyl (C=O) groups excluding carboxylic acids is 2. The summed E-state index contributed by atoms with van der Waals surface area (Å²) in [6, 6.07) is 2.99. The molecule has 0 saturated heterocycles. The van der Waals surface area contributed by atoms with E-state index < -0.39 is 12.0 Å². The van der Waals surface area contributed by atoms with Crippen molar-refractivity contribution in [1.82, 2.24) is 10.3 Å². The predicted molar refractivity (Wildman–Crippen MR) is 60.4 cm³/mol. The van der Waals surface area contributed by atoms with Crippen LogP contribution in [0.25, 0.3) is 0 Å². The highest BCUT2D eigenvalue weighted by Crippen LogP contribution is 2.03. The minimum absolute atomic E-state index is 0.329. The topological polar surface area (TPSA) is 80.4 Å². The molecular weight excluding hydrogens is 224 g/mol.